The third-order valence-corrected chi connectivity index (χ3v) is 5.59. The molecule has 2 heteroatoms. The Morgan fingerprint density at radius 1 is 1.15 bits per heavy atom. The second kappa shape index (κ2) is 9.02. The second-order valence-electron chi connectivity index (χ2n) is 7.32. The average Bonchev–Trinajstić information content (AvgIpc) is 2.68. The van der Waals surface area contributed by atoms with Gasteiger partial charge in [0.2, 0.25) is 0 Å². The Balaban J connectivity index is 1.69. The van der Waals surface area contributed by atoms with Gasteiger partial charge in [0.05, 0.1) is 0 Å². The molecule has 0 aromatic heterocycles. The van der Waals surface area contributed by atoms with Crippen molar-refractivity contribution in [3.8, 4) is 5.75 Å². The zero-order valence-electron chi connectivity index (χ0n) is 15.7. The maximum atomic E-state index is 14.6. The quantitative estimate of drug-likeness (QED) is 0.480. The van der Waals surface area contributed by atoms with E-state index in [1.165, 1.54) is 44.1 Å². The lowest BCUT2D eigenvalue weighted by Gasteiger charge is -2.29. The second-order valence-corrected chi connectivity index (χ2v) is 7.32. The molecule has 1 saturated carbocycles. The van der Waals surface area contributed by atoms with Crippen molar-refractivity contribution in [2.24, 2.45) is 5.92 Å². The number of fused-ring (bicyclic) bond motifs is 1. The van der Waals surface area contributed by atoms with Crippen molar-refractivity contribution in [1.29, 1.82) is 0 Å². The molecular weight excluding hydrogens is 323 g/mol. The van der Waals surface area contributed by atoms with E-state index in [4.69, 9.17) is 4.74 Å². The molecule has 0 amide bonds. The molecule has 3 rings (SSSR count). The Kier molecular flexibility index (Phi) is 6.49. The van der Waals surface area contributed by atoms with E-state index in [1.807, 2.05) is 12.1 Å². The number of hydrogen-bond donors (Lipinski definition) is 0. The van der Waals surface area contributed by atoms with Gasteiger partial charge in [-0.2, -0.15) is 0 Å². The molecule has 0 atom stereocenters. The van der Waals surface area contributed by atoms with Gasteiger partial charge < -0.3 is 4.74 Å². The summed E-state index contributed by atoms with van der Waals surface area (Å²) in [5, 5.41) is 1.59. The van der Waals surface area contributed by atoms with E-state index in [2.05, 4.69) is 37.8 Å². The minimum Gasteiger partial charge on any atom is -0.486 e. The summed E-state index contributed by atoms with van der Waals surface area (Å²) in [6, 6.07) is 9.87. The summed E-state index contributed by atoms with van der Waals surface area (Å²) in [6.07, 6.45) is 13.7. The fourth-order valence-electron chi connectivity index (χ4n) is 4.09. The molecule has 0 saturated heterocycles. The van der Waals surface area contributed by atoms with Gasteiger partial charge in [-0.25, -0.2) is 4.39 Å². The van der Waals surface area contributed by atoms with Gasteiger partial charge in [-0.1, -0.05) is 49.1 Å². The molecule has 138 valence electrons. The van der Waals surface area contributed by atoms with Gasteiger partial charge in [-0.3, -0.25) is 0 Å². The van der Waals surface area contributed by atoms with Crippen molar-refractivity contribution in [3.05, 3.63) is 66.5 Å². The molecule has 1 nitrogen and oxygen atoms in total. The van der Waals surface area contributed by atoms with Gasteiger partial charge >= 0.3 is 0 Å². The van der Waals surface area contributed by atoms with Crippen LogP contribution in [0.4, 0.5) is 4.39 Å². The van der Waals surface area contributed by atoms with Crippen LogP contribution >= 0.6 is 0 Å². The first-order valence-electron chi connectivity index (χ1n) is 9.80. The van der Waals surface area contributed by atoms with Crippen LogP contribution in [-0.4, -0.2) is 6.61 Å². The van der Waals surface area contributed by atoms with E-state index in [1.54, 1.807) is 12.1 Å². The Morgan fingerprint density at radius 2 is 1.96 bits per heavy atom. The fraction of sp³-hybridized carbons (Fsp3) is 0.417. The van der Waals surface area contributed by atoms with Gasteiger partial charge in [0.15, 0.2) is 11.6 Å². The first kappa shape index (κ1) is 18.7. The van der Waals surface area contributed by atoms with Crippen LogP contribution in [0.1, 0.15) is 56.9 Å². The monoisotopic (exact) mass is 352 g/mol. The topological polar surface area (TPSA) is 9.23 Å². The van der Waals surface area contributed by atoms with Crippen molar-refractivity contribution < 1.29 is 9.13 Å². The summed E-state index contributed by atoms with van der Waals surface area (Å²) in [5.41, 5.74) is 1.35. The molecule has 0 unspecified atom stereocenters. The number of hydrogen-bond acceptors (Lipinski definition) is 1. The normalized spacial score (nSPS) is 20.5. The van der Waals surface area contributed by atoms with Crippen LogP contribution in [0.15, 0.2) is 55.1 Å². The fourth-order valence-corrected chi connectivity index (χ4v) is 4.09. The summed E-state index contributed by atoms with van der Waals surface area (Å²) in [4.78, 5) is 0. The largest absolute Gasteiger partial charge is 0.486 e. The van der Waals surface area contributed by atoms with Gasteiger partial charge in [0, 0.05) is 5.39 Å². The molecule has 0 N–H and O–H groups in total. The highest BCUT2D eigenvalue weighted by atomic mass is 19.1. The maximum absolute atomic E-state index is 14.6. The maximum Gasteiger partial charge on any atom is 0.172 e. The van der Waals surface area contributed by atoms with E-state index >= 15 is 0 Å². The minimum atomic E-state index is -0.274. The number of benzene rings is 2. The van der Waals surface area contributed by atoms with Gasteiger partial charge in [0.1, 0.15) is 6.61 Å². The average molecular weight is 352 g/mol. The Morgan fingerprint density at radius 3 is 2.69 bits per heavy atom. The summed E-state index contributed by atoms with van der Waals surface area (Å²) in [5.74, 6) is 1.50. The molecule has 2 aromatic carbocycles. The Bertz CT molecular complexity index is 769. The number of halogens is 1. The Hall–Kier alpha value is -2.09. The molecule has 2 aromatic rings. The zero-order chi connectivity index (χ0) is 18.4. The van der Waals surface area contributed by atoms with Crippen LogP contribution in [0.25, 0.3) is 10.8 Å². The van der Waals surface area contributed by atoms with Crippen LogP contribution in [0, 0.1) is 11.7 Å². The number of rotatable bonds is 7. The van der Waals surface area contributed by atoms with Crippen LogP contribution in [-0.2, 0) is 0 Å². The third kappa shape index (κ3) is 4.35. The van der Waals surface area contributed by atoms with E-state index in [-0.39, 0.29) is 5.82 Å². The molecule has 26 heavy (non-hydrogen) atoms. The van der Waals surface area contributed by atoms with E-state index in [0.29, 0.717) is 23.7 Å². The molecule has 0 bridgehead atoms. The zero-order valence-corrected chi connectivity index (χ0v) is 15.7. The van der Waals surface area contributed by atoms with Crippen LogP contribution < -0.4 is 4.74 Å². The summed E-state index contributed by atoms with van der Waals surface area (Å²) in [7, 11) is 0. The predicted octanol–water partition coefficient (Wildman–Crippen LogP) is 7.17. The van der Waals surface area contributed by atoms with Crippen molar-refractivity contribution in [2.45, 2.75) is 51.4 Å². The lowest BCUT2D eigenvalue weighted by molar-refractivity contribution is 0.312. The van der Waals surface area contributed by atoms with Gasteiger partial charge in [-0.15, -0.1) is 0 Å². The molecule has 0 radical (unpaired) electrons. The molecule has 0 spiro atoms. The van der Waals surface area contributed by atoms with E-state index in [9.17, 15) is 4.39 Å². The van der Waals surface area contributed by atoms with E-state index < -0.39 is 0 Å². The summed E-state index contributed by atoms with van der Waals surface area (Å²) >= 11 is 0. The summed E-state index contributed by atoms with van der Waals surface area (Å²) < 4.78 is 20.0. The van der Waals surface area contributed by atoms with Crippen molar-refractivity contribution in [1.82, 2.24) is 0 Å². The highest BCUT2D eigenvalue weighted by Crippen LogP contribution is 2.39. The summed E-state index contributed by atoms with van der Waals surface area (Å²) in [6.45, 7) is 6.01. The standard InChI is InChI=1S/C24H29FO/c1-3-5-6-7-18-8-10-19(11-9-18)20-12-14-22-21(17-20)13-15-23(24(22)25)26-16-4-2/h3-5,12-15,17-19H,2,6-11,16H2,1H3/b5-3+. The van der Waals surface area contributed by atoms with Crippen LogP contribution in [0.5, 0.6) is 5.75 Å². The molecule has 0 heterocycles. The number of allylic oxidation sites excluding steroid dienone is 2. The smallest absolute Gasteiger partial charge is 0.172 e. The molecule has 1 aliphatic rings. The number of ether oxygens (including phenoxy) is 1. The van der Waals surface area contributed by atoms with Gasteiger partial charge in [-0.05, 0) is 74.3 Å². The molecule has 1 fully saturated rings. The van der Waals surface area contributed by atoms with E-state index in [0.717, 1.165) is 11.3 Å². The first-order valence-corrected chi connectivity index (χ1v) is 9.80. The highest BCUT2D eigenvalue weighted by Gasteiger charge is 2.22. The van der Waals surface area contributed by atoms with Crippen molar-refractivity contribution >= 4 is 10.8 Å². The predicted molar refractivity (Wildman–Crippen MR) is 108 cm³/mol. The van der Waals surface area contributed by atoms with Crippen molar-refractivity contribution in [2.75, 3.05) is 6.61 Å². The van der Waals surface area contributed by atoms with Crippen molar-refractivity contribution in [3.63, 3.8) is 0 Å². The minimum absolute atomic E-state index is 0.274. The van der Waals surface area contributed by atoms with Crippen LogP contribution in [0.3, 0.4) is 0 Å². The lowest BCUT2D eigenvalue weighted by atomic mass is 9.77. The highest BCUT2D eigenvalue weighted by molar-refractivity contribution is 5.85. The molecular formula is C24H29FO. The SMILES string of the molecule is C=CCOc1ccc2cc(C3CCC(CC/C=C/C)CC3)ccc2c1F. The molecule has 0 aliphatic heterocycles. The van der Waals surface area contributed by atoms with Gasteiger partial charge in [0.25, 0.3) is 0 Å². The first-order chi connectivity index (χ1) is 12.7. The third-order valence-electron chi connectivity index (χ3n) is 5.59. The Labute approximate surface area is 156 Å². The van der Waals surface area contributed by atoms with Crippen LogP contribution in [0.2, 0.25) is 0 Å². The lowest BCUT2D eigenvalue weighted by Crippen LogP contribution is -2.13. The molecule has 1 aliphatic carbocycles.